The highest BCUT2D eigenvalue weighted by Crippen LogP contribution is 2.42. The molecule has 1 aliphatic rings. The monoisotopic (exact) mass is 496 g/mol. The zero-order valence-electron chi connectivity index (χ0n) is 19.6. The lowest BCUT2D eigenvalue weighted by atomic mass is 9.99. The first kappa shape index (κ1) is 23.5. The van der Waals surface area contributed by atoms with Crippen LogP contribution in [0.3, 0.4) is 0 Å². The molecule has 0 bridgehead atoms. The molecule has 1 saturated heterocycles. The molecule has 4 aromatic rings. The van der Waals surface area contributed by atoms with E-state index in [1.807, 2.05) is 42.6 Å². The number of rotatable bonds is 7. The van der Waals surface area contributed by atoms with Crippen molar-refractivity contribution >= 4 is 28.8 Å². The number of benzene rings is 2. The molecular weight excluding hydrogens is 472 g/mol. The Balaban J connectivity index is 1.43. The third-order valence-electron chi connectivity index (χ3n) is 6.07. The van der Waals surface area contributed by atoms with Gasteiger partial charge in [-0.15, -0.1) is 11.3 Å². The highest BCUT2D eigenvalue weighted by molar-refractivity contribution is 7.10. The second-order valence-corrected chi connectivity index (χ2v) is 9.58. The van der Waals surface area contributed by atoms with Crippen LogP contribution in [-0.2, 0) is 22.7 Å². The van der Waals surface area contributed by atoms with E-state index in [1.54, 1.807) is 48.8 Å². The first-order valence-corrected chi connectivity index (χ1v) is 12.4. The van der Waals surface area contributed by atoms with Crippen molar-refractivity contribution in [1.29, 1.82) is 0 Å². The molecule has 2 aromatic heterocycles. The fraction of sp³-hybridized carbons (Fsp3) is 0.138. The normalized spacial score (nSPS) is 16.9. The Hall–Kier alpha value is -4.23. The number of thiophene rings is 1. The molecule has 3 heterocycles. The average Bonchev–Trinajstić information content (AvgIpc) is 3.51. The zero-order chi connectivity index (χ0) is 25.1. The molecular formula is C29H24N2O4S. The number of carbonyl (C=O) groups excluding carboxylic acids is 2. The largest absolute Gasteiger partial charge is 0.507 e. The van der Waals surface area contributed by atoms with Crippen molar-refractivity contribution in [1.82, 2.24) is 9.88 Å². The van der Waals surface area contributed by atoms with Gasteiger partial charge in [0.05, 0.1) is 11.6 Å². The predicted octanol–water partition coefficient (Wildman–Crippen LogP) is 5.65. The van der Waals surface area contributed by atoms with Crippen molar-refractivity contribution in [2.24, 2.45) is 0 Å². The quantitative estimate of drug-likeness (QED) is 0.203. The van der Waals surface area contributed by atoms with Gasteiger partial charge in [0.2, 0.25) is 0 Å². The van der Waals surface area contributed by atoms with Gasteiger partial charge in [-0.3, -0.25) is 14.6 Å². The van der Waals surface area contributed by atoms with Gasteiger partial charge in [0.1, 0.15) is 18.1 Å². The van der Waals surface area contributed by atoms with E-state index in [0.29, 0.717) is 17.9 Å². The van der Waals surface area contributed by atoms with Gasteiger partial charge in [0, 0.05) is 29.4 Å². The number of aromatic nitrogens is 1. The number of carbonyl (C=O) groups is 2. The number of aliphatic hydroxyl groups is 1. The summed E-state index contributed by atoms with van der Waals surface area (Å²) in [6, 6.07) is 21.7. The maximum absolute atomic E-state index is 13.1. The molecule has 1 N–H and O–H groups in total. The third-order valence-corrected chi connectivity index (χ3v) is 7.00. The summed E-state index contributed by atoms with van der Waals surface area (Å²) in [5.74, 6) is -0.889. The average molecular weight is 497 g/mol. The van der Waals surface area contributed by atoms with Crippen molar-refractivity contribution in [3.8, 4) is 5.75 Å². The van der Waals surface area contributed by atoms with E-state index < -0.39 is 17.7 Å². The second-order valence-electron chi connectivity index (χ2n) is 8.60. The lowest BCUT2D eigenvalue weighted by molar-refractivity contribution is -0.140. The lowest BCUT2D eigenvalue weighted by Crippen LogP contribution is -2.28. The number of ketones is 1. The number of hydrogen-bond acceptors (Lipinski definition) is 6. The summed E-state index contributed by atoms with van der Waals surface area (Å²) in [6.45, 7) is 2.69. The Morgan fingerprint density at radius 1 is 1.00 bits per heavy atom. The van der Waals surface area contributed by atoms with Crippen LogP contribution >= 0.6 is 11.3 Å². The summed E-state index contributed by atoms with van der Waals surface area (Å²) in [5.41, 5.74) is 3.61. The van der Waals surface area contributed by atoms with Gasteiger partial charge in [-0.25, -0.2) is 0 Å². The molecule has 1 fully saturated rings. The Morgan fingerprint density at radius 2 is 1.78 bits per heavy atom. The molecule has 180 valence electrons. The van der Waals surface area contributed by atoms with E-state index >= 15 is 0 Å². The van der Waals surface area contributed by atoms with Gasteiger partial charge in [0.15, 0.2) is 0 Å². The van der Waals surface area contributed by atoms with Gasteiger partial charge >= 0.3 is 0 Å². The molecule has 0 aliphatic carbocycles. The summed E-state index contributed by atoms with van der Waals surface area (Å²) in [7, 11) is 0. The van der Waals surface area contributed by atoms with Crippen molar-refractivity contribution in [3.63, 3.8) is 0 Å². The van der Waals surface area contributed by atoms with E-state index in [-0.39, 0.29) is 17.9 Å². The molecule has 6 nitrogen and oxygen atoms in total. The lowest BCUT2D eigenvalue weighted by Gasteiger charge is -2.24. The van der Waals surface area contributed by atoms with Crippen molar-refractivity contribution in [2.75, 3.05) is 0 Å². The number of amides is 1. The summed E-state index contributed by atoms with van der Waals surface area (Å²) < 4.78 is 5.88. The number of nitrogens with zero attached hydrogens (tertiary/aromatic N) is 2. The van der Waals surface area contributed by atoms with E-state index in [9.17, 15) is 14.7 Å². The standard InChI is InChI=1S/C29H24N2O4S/c1-19-4-2-5-21(16-19)18-35-23-9-7-22(8-10-23)27(32)25-26(24-6-3-15-36-24)31(29(34)28(25)33)17-20-11-13-30-14-12-20/h2-16,26,32H,17-18H2,1H3/t26-/m0/s1. The molecule has 2 aromatic carbocycles. The van der Waals surface area contributed by atoms with E-state index in [0.717, 1.165) is 21.6 Å². The summed E-state index contributed by atoms with van der Waals surface area (Å²) in [4.78, 5) is 32.5. The molecule has 0 radical (unpaired) electrons. The summed E-state index contributed by atoms with van der Waals surface area (Å²) in [5, 5.41) is 13.1. The van der Waals surface area contributed by atoms with Crippen LogP contribution in [0.2, 0.25) is 0 Å². The topological polar surface area (TPSA) is 79.7 Å². The maximum Gasteiger partial charge on any atom is 0.295 e. The molecule has 36 heavy (non-hydrogen) atoms. The minimum absolute atomic E-state index is 0.0879. The fourth-order valence-electron chi connectivity index (χ4n) is 4.30. The Morgan fingerprint density at radius 3 is 2.47 bits per heavy atom. The van der Waals surface area contributed by atoms with Crippen LogP contribution in [0.15, 0.2) is 96.1 Å². The smallest absolute Gasteiger partial charge is 0.295 e. The van der Waals surface area contributed by atoms with Crippen molar-refractivity contribution < 1.29 is 19.4 Å². The van der Waals surface area contributed by atoms with Crippen LogP contribution < -0.4 is 4.74 Å². The van der Waals surface area contributed by atoms with Gasteiger partial charge in [0.25, 0.3) is 11.7 Å². The first-order valence-electron chi connectivity index (χ1n) is 11.5. The second kappa shape index (κ2) is 10.2. The predicted molar refractivity (Wildman–Crippen MR) is 138 cm³/mol. The molecule has 5 rings (SSSR count). The van der Waals surface area contributed by atoms with Gasteiger partial charge in [-0.1, -0.05) is 35.9 Å². The van der Waals surface area contributed by atoms with Crippen LogP contribution in [0.5, 0.6) is 5.75 Å². The first-order chi connectivity index (χ1) is 17.5. The Labute approximate surface area is 213 Å². The minimum Gasteiger partial charge on any atom is -0.507 e. The maximum atomic E-state index is 13.1. The molecule has 7 heteroatoms. The Kier molecular flexibility index (Phi) is 6.64. The molecule has 0 unspecified atom stereocenters. The minimum atomic E-state index is -0.695. The molecule has 0 spiro atoms. The highest BCUT2D eigenvalue weighted by Gasteiger charge is 2.46. The van der Waals surface area contributed by atoms with Crippen molar-refractivity contribution in [3.05, 3.63) is 123 Å². The molecule has 1 atom stereocenters. The number of Topliss-reactive ketones (excluding diaryl/α,β-unsaturated/α-hetero) is 1. The SMILES string of the molecule is Cc1cccc(COc2ccc(C(O)=C3C(=O)C(=O)N(Cc4ccncc4)[C@H]3c3cccs3)cc2)c1. The van der Waals surface area contributed by atoms with Crippen molar-refractivity contribution in [2.45, 2.75) is 26.1 Å². The van der Waals surface area contributed by atoms with Crippen LogP contribution in [0.1, 0.15) is 33.2 Å². The van der Waals surface area contributed by atoms with Crippen LogP contribution in [0, 0.1) is 6.92 Å². The Bertz CT molecular complexity index is 1410. The molecule has 1 amide bonds. The van der Waals surface area contributed by atoms with Gasteiger partial charge < -0.3 is 14.7 Å². The van der Waals surface area contributed by atoms with Crippen LogP contribution in [-0.4, -0.2) is 26.7 Å². The number of aliphatic hydroxyl groups excluding tert-OH is 1. The van der Waals surface area contributed by atoms with Crippen LogP contribution in [0.4, 0.5) is 0 Å². The number of pyridine rings is 1. The number of hydrogen-bond donors (Lipinski definition) is 1. The van der Waals surface area contributed by atoms with Gasteiger partial charge in [-0.05, 0) is 65.9 Å². The summed E-state index contributed by atoms with van der Waals surface area (Å²) >= 11 is 1.44. The number of likely N-dealkylation sites (tertiary alicyclic amines) is 1. The van der Waals surface area contributed by atoms with Gasteiger partial charge in [-0.2, -0.15) is 0 Å². The molecule has 0 saturated carbocycles. The number of aryl methyl sites for hydroxylation is 1. The zero-order valence-corrected chi connectivity index (χ0v) is 20.4. The van der Waals surface area contributed by atoms with E-state index in [1.165, 1.54) is 16.2 Å². The third kappa shape index (κ3) is 4.78. The number of ether oxygens (including phenoxy) is 1. The van der Waals surface area contributed by atoms with Crippen LogP contribution in [0.25, 0.3) is 5.76 Å². The molecule has 1 aliphatic heterocycles. The van der Waals surface area contributed by atoms with E-state index in [2.05, 4.69) is 11.1 Å². The fourth-order valence-corrected chi connectivity index (χ4v) is 5.15. The summed E-state index contributed by atoms with van der Waals surface area (Å²) in [6.07, 6.45) is 3.29. The van der Waals surface area contributed by atoms with E-state index in [4.69, 9.17) is 4.74 Å². The highest BCUT2D eigenvalue weighted by atomic mass is 32.1.